The summed E-state index contributed by atoms with van der Waals surface area (Å²) in [6.07, 6.45) is 8.82. The lowest BCUT2D eigenvalue weighted by Crippen LogP contribution is -2.52. The minimum absolute atomic E-state index is 0.0267. The van der Waals surface area contributed by atoms with Crippen molar-refractivity contribution in [2.24, 2.45) is 53.6 Å². The highest BCUT2D eigenvalue weighted by Gasteiger charge is 2.52. The average molecular weight is 1920 g/mol. The van der Waals surface area contributed by atoms with E-state index in [0.717, 1.165) is 91.9 Å². The Balaban J connectivity index is 0.000000135. The number of carbonyl (C=O) groups excluding carboxylic acids is 5. The number of pyridine rings is 2. The Morgan fingerprint density at radius 2 is 1.08 bits per heavy atom. The number of nitrogens with two attached hydrogens (primary N) is 5. The van der Waals surface area contributed by atoms with Gasteiger partial charge in [-0.15, -0.1) is 11.3 Å². The molecule has 680 valence electrons. The Hall–Kier alpha value is -15.2. The van der Waals surface area contributed by atoms with E-state index in [4.69, 9.17) is 38.7 Å². The molecule has 0 radical (unpaired) electrons. The molecule has 5 aliphatic rings. The number of aliphatic imine (C=N–C) groups is 5. The number of guanidine groups is 5. The summed E-state index contributed by atoms with van der Waals surface area (Å²) in [6.45, 7) is 18.2. The number of nitrogens with zero attached hydrogens (tertiary/aromatic N) is 17. The molecule has 0 bridgehead atoms. The van der Waals surface area contributed by atoms with Crippen LogP contribution in [0, 0.1) is 32.0 Å². The number of H-pyrrole nitrogens is 1. The van der Waals surface area contributed by atoms with Gasteiger partial charge in [0, 0.05) is 82.7 Å². The number of hydrogen-bond acceptors (Lipinski definition) is 22. The molecule has 5 aromatic heterocycles. The lowest BCUT2D eigenvalue weighted by Gasteiger charge is -2.41. The highest BCUT2D eigenvalue weighted by Crippen LogP contribution is 2.49. The number of hydrogen-bond donors (Lipinski definition) is 6. The van der Waals surface area contributed by atoms with Gasteiger partial charge in [0.15, 0.2) is 35.3 Å². The van der Waals surface area contributed by atoms with Crippen LogP contribution in [0.5, 0.6) is 0 Å². The lowest BCUT2D eigenvalue weighted by atomic mass is 9.73. The number of halogens is 2. The van der Waals surface area contributed by atoms with Crippen molar-refractivity contribution in [2.45, 2.75) is 132 Å². The van der Waals surface area contributed by atoms with Crippen LogP contribution < -0.4 is 28.7 Å². The van der Waals surface area contributed by atoms with Crippen molar-refractivity contribution in [3.8, 4) is 40.3 Å². The fraction of sp³-hybridized carbons (Fsp3) is 0.243. The van der Waals surface area contributed by atoms with Crippen LogP contribution in [0.2, 0.25) is 0 Å². The molecule has 13 aromatic rings. The second-order valence-electron chi connectivity index (χ2n) is 35.6. The molecule has 5 amide bonds. The first-order chi connectivity index (χ1) is 63.7. The summed E-state index contributed by atoms with van der Waals surface area (Å²) in [7, 11) is 6.53. The van der Waals surface area contributed by atoms with E-state index in [1.807, 2.05) is 253 Å². The zero-order valence-corrected chi connectivity index (χ0v) is 79.4. The molecular weight excluding hydrogens is 1820 g/mol. The number of aromatic amines is 1. The van der Waals surface area contributed by atoms with Gasteiger partial charge in [-0.3, -0.25) is 63.5 Å². The highest BCUT2D eigenvalue weighted by molar-refractivity contribution is 14.1. The number of amides is 5. The van der Waals surface area contributed by atoms with E-state index in [9.17, 15) is 38.9 Å². The van der Waals surface area contributed by atoms with Crippen LogP contribution in [0.1, 0.15) is 153 Å². The molecule has 18 rings (SSSR count). The first-order valence-corrected chi connectivity index (χ1v) is 45.0. The number of rotatable bonds is 14. The minimum atomic E-state index is -1.16. The maximum Gasteiger partial charge on any atom is 0.266 e. The Bertz CT molecular complexity index is 6810. The molecule has 8 aromatic carbocycles. The Morgan fingerprint density at radius 3 is 1.63 bits per heavy atom. The quantitative estimate of drug-likeness (QED) is 0.0551. The number of fused-ring (bicyclic) bond motifs is 1. The molecule has 31 heteroatoms. The third kappa shape index (κ3) is 19.3. The number of thiophene rings is 1. The van der Waals surface area contributed by atoms with Gasteiger partial charge in [-0.05, 0) is 180 Å². The summed E-state index contributed by atoms with van der Waals surface area (Å²) in [5.74, 6) is -1.03. The van der Waals surface area contributed by atoms with Gasteiger partial charge in [-0.2, -0.15) is 20.7 Å². The molecule has 10 heterocycles. The van der Waals surface area contributed by atoms with E-state index in [0.29, 0.717) is 17.8 Å². The normalized spacial score (nSPS) is 20.4. The van der Waals surface area contributed by atoms with Crippen molar-refractivity contribution in [3.05, 3.63) is 348 Å². The van der Waals surface area contributed by atoms with E-state index in [1.54, 1.807) is 69.7 Å². The number of carbonyl (C=O) groups is 5. The van der Waals surface area contributed by atoms with Crippen molar-refractivity contribution in [2.75, 3.05) is 28.2 Å². The maximum absolute atomic E-state index is 13.6. The maximum atomic E-state index is 13.6. The van der Waals surface area contributed by atoms with Crippen LogP contribution in [-0.2, 0) is 69.0 Å². The Labute approximate surface area is 794 Å². The second kappa shape index (κ2) is 38.3. The molecule has 0 spiro atoms. The molecular formula is C103H103FIN23O5S. The van der Waals surface area contributed by atoms with E-state index in [-0.39, 0.29) is 77.6 Å². The van der Waals surface area contributed by atoms with Gasteiger partial charge < -0.3 is 28.7 Å². The van der Waals surface area contributed by atoms with Crippen LogP contribution in [0.4, 0.5) is 4.39 Å². The predicted octanol–water partition coefficient (Wildman–Crippen LogP) is 15.4. The largest absolute Gasteiger partial charge is 0.369 e. The fourth-order valence-electron chi connectivity index (χ4n) is 16.7. The molecule has 28 nitrogen and oxygen atoms in total. The monoisotopic (exact) mass is 1920 g/mol. The van der Waals surface area contributed by atoms with Crippen LogP contribution in [-0.4, -0.2) is 142 Å². The molecule has 11 N–H and O–H groups in total. The molecule has 5 aliphatic heterocycles. The standard InChI is InChI=1S/C25H24FN5OS.C23H26N4O.C21H18N4O.C19H19N5O.C15H16IN5O/c1-24(2,14-27)17-7-5-15(6-8-17)21-22(32)31(4)23(28)30-25(21,3)20-11-16(13-33-20)19-10-9-18(26)12-29-19;1-22(2,3)17-11-9-16(10-12-17)19-20(28)27(5)21(25)26-23(19,4)18-8-6-7-15(13-18)14-24;22-20-24-21(17-9-3-1-4-10-17,18-11-5-2-6-12-18)19(26)25(20)15-16-8-7-13-23-14-16;1-19(11-16(25)24(2)18(20)21-19)13-8-9-14-15(10-13)22-23-17(14)12-6-4-3-5-7-12;1-15(7-13(22)20(2)14(17)19-15)10-8-18-21(9-10)12-5-3-4-11(16)6-12/h5-13,21H,1-4H3,(H2,28,30);6-13,19H,1-5H3,(H2,25,26);1-14H,15H2,(H2,22,24);3-10H,11H2,1-2H3,(H2,20,21)(H,22,23);3-6,8-9H,7H2,1-2H3,(H2,17,19)/t21-,25+;19-,23-;;19-;15-/m01.00/s1. The second-order valence-corrected chi connectivity index (χ2v) is 37.8. The van der Waals surface area contributed by atoms with Crippen molar-refractivity contribution in [1.82, 2.24) is 54.4 Å². The smallest absolute Gasteiger partial charge is 0.266 e. The van der Waals surface area contributed by atoms with Crippen LogP contribution in [0.3, 0.4) is 0 Å². The third-order valence-electron chi connectivity index (χ3n) is 24.9. The number of benzene rings is 8. The number of aromatic nitrogens is 6. The summed E-state index contributed by atoms with van der Waals surface area (Å²) in [5.41, 5.74) is 39.9. The van der Waals surface area contributed by atoms with Crippen molar-refractivity contribution >= 4 is 104 Å². The van der Waals surface area contributed by atoms with Gasteiger partial charge in [0.1, 0.15) is 16.9 Å². The first kappa shape index (κ1) is 94.9. The van der Waals surface area contributed by atoms with E-state index >= 15 is 0 Å². The summed E-state index contributed by atoms with van der Waals surface area (Å²) in [6, 6.07) is 79.2. The first-order valence-electron chi connectivity index (χ1n) is 43.1. The third-order valence-corrected chi connectivity index (χ3v) is 26.8. The van der Waals surface area contributed by atoms with Crippen molar-refractivity contribution in [3.63, 3.8) is 0 Å². The zero-order valence-electron chi connectivity index (χ0n) is 76.5. The van der Waals surface area contributed by atoms with E-state index in [1.165, 1.54) is 53.7 Å². The van der Waals surface area contributed by atoms with Gasteiger partial charge >= 0.3 is 0 Å². The Kier molecular flexibility index (Phi) is 27.1. The van der Waals surface area contributed by atoms with E-state index in [2.05, 4.69) is 108 Å². The number of nitriles is 2. The van der Waals surface area contributed by atoms with Crippen LogP contribution >= 0.6 is 33.9 Å². The predicted molar refractivity (Wildman–Crippen MR) is 528 cm³/mol. The zero-order chi connectivity index (χ0) is 96.2. The summed E-state index contributed by atoms with van der Waals surface area (Å²) in [4.78, 5) is 104. The van der Waals surface area contributed by atoms with Gasteiger partial charge in [0.2, 0.25) is 23.6 Å². The number of likely N-dealkylation sites (N-methyl/N-ethyl adjacent to an activating group) is 2. The van der Waals surface area contributed by atoms with E-state index < -0.39 is 50.8 Å². The van der Waals surface area contributed by atoms with Crippen molar-refractivity contribution in [1.29, 1.82) is 10.5 Å². The fourth-order valence-corrected chi connectivity index (χ4v) is 18.3. The van der Waals surface area contributed by atoms with Gasteiger partial charge in [0.05, 0.1) is 100 Å². The topological polar surface area (TPSA) is 413 Å². The summed E-state index contributed by atoms with van der Waals surface area (Å²) < 4.78 is 16.2. The molecule has 0 saturated carbocycles. The SMILES string of the molecule is CN1C(=O)C[C@@](C)(c2ccc3c(-c4ccccc4)n[nH]c3c2)N=C1N.CN1C(=O)C[C@@](C)(c2cnn(-c3cccc(I)c3)c2)N=C1N.CN1C(=O)[C@@H](c2ccc(C(C)(C)C)cc2)[C@@](C)(c2cccc(C#N)c2)N=C1N.CN1C(=O)[C@H](c2ccc(C(C)(C)C#N)cc2)[C@@](C)(c2cc(-c3ccc(F)cn3)cs2)N=C1N.NC1=NC(c2ccccc2)(c2ccccc2)C(=O)N1Cc1cccnc1. The molecule has 0 fully saturated rings. The van der Waals surface area contributed by atoms with Gasteiger partial charge in [0.25, 0.3) is 5.91 Å². The molecule has 0 unspecified atom stereocenters. The summed E-state index contributed by atoms with van der Waals surface area (Å²) in [5, 5.41) is 33.6. The molecule has 0 aliphatic carbocycles. The molecule has 134 heavy (non-hydrogen) atoms. The van der Waals surface area contributed by atoms with Crippen LogP contribution in [0.25, 0.3) is 39.1 Å². The highest BCUT2D eigenvalue weighted by atomic mass is 127. The van der Waals surface area contributed by atoms with Gasteiger partial charge in [-0.25, -0.2) is 34.0 Å². The minimum Gasteiger partial charge on any atom is -0.369 e. The number of nitrogens with one attached hydrogen (secondary N) is 1. The Morgan fingerprint density at radius 1 is 0.530 bits per heavy atom. The summed E-state index contributed by atoms with van der Waals surface area (Å²) >= 11 is 3.72. The molecule has 0 saturated heterocycles. The lowest BCUT2D eigenvalue weighted by molar-refractivity contribution is -0.131. The van der Waals surface area contributed by atoms with Crippen LogP contribution in [0.15, 0.2) is 298 Å². The molecule has 6 atom stereocenters. The average Bonchev–Trinajstić information content (AvgIpc) is 1.47. The van der Waals surface area contributed by atoms with Crippen molar-refractivity contribution < 1.29 is 28.4 Å². The van der Waals surface area contributed by atoms with Gasteiger partial charge in [-0.1, -0.05) is 197 Å².